The quantitative estimate of drug-likeness (QED) is 0.627. The third-order valence-corrected chi connectivity index (χ3v) is 4.18. The van der Waals surface area contributed by atoms with Crippen molar-refractivity contribution in [2.24, 2.45) is 0 Å². The van der Waals surface area contributed by atoms with Gasteiger partial charge >= 0.3 is 0 Å². The average molecular weight is 363 g/mol. The number of aryl methyl sites for hydroxylation is 3. The number of anilines is 1. The van der Waals surface area contributed by atoms with E-state index in [-0.39, 0.29) is 18.0 Å². The van der Waals surface area contributed by atoms with Crippen molar-refractivity contribution in [3.8, 4) is 5.75 Å². The second-order valence-corrected chi connectivity index (χ2v) is 6.30. The number of nitro benzene ring substituents is 1. The summed E-state index contributed by atoms with van der Waals surface area (Å²) < 4.78 is 5.51. The highest BCUT2D eigenvalue weighted by Gasteiger charge is 2.20. The minimum Gasteiger partial charge on any atom is -0.482 e. The predicted octanol–water partition coefficient (Wildman–Crippen LogP) is 4.50. The molecule has 0 aliphatic rings. The number of nitrogens with one attached hydrogen (secondary N) is 1. The van der Waals surface area contributed by atoms with Gasteiger partial charge in [-0.25, -0.2) is 0 Å². The van der Waals surface area contributed by atoms with Gasteiger partial charge in [-0.3, -0.25) is 14.9 Å². The Morgan fingerprint density at radius 1 is 1.20 bits per heavy atom. The molecule has 0 aromatic heterocycles. The summed E-state index contributed by atoms with van der Waals surface area (Å²) in [5.41, 5.74) is 3.33. The molecule has 0 saturated heterocycles. The van der Waals surface area contributed by atoms with Crippen LogP contribution in [0, 0.1) is 37.8 Å². The number of rotatable bonds is 5. The Kier molecular flexibility index (Phi) is 5.64. The third-order valence-electron chi connectivity index (χ3n) is 3.90. The Hall–Kier alpha value is -2.60. The number of ether oxygens (including phenoxy) is 1. The summed E-state index contributed by atoms with van der Waals surface area (Å²) in [5, 5.41) is 14.2. The SMILES string of the molecule is Cc1cc(C)c(OCC(=O)Nc2c([N+](=O)[O-])ccc(C)c2C)c(Cl)c1. The molecule has 2 rings (SSSR count). The van der Waals surface area contributed by atoms with Crippen molar-refractivity contribution in [3.63, 3.8) is 0 Å². The molecule has 6 nitrogen and oxygen atoms in total. The highest BCUT2D eigenvalue weighted by molar-refractivity contribution is 6.32. The molecule has 0 aliphatic heterocycles. The average Bonchev–Trinajstić information content (AvgIpc) is 2.50. The van der Waals surface area contributed by atoms with E-state index in [0.717, 1.165) is 16.7 Å². The molecule has 0 saturated carbocycles. The van der Waals surface area contributed by atoms with Crippen LogP contribution in [0.2, 0.25) is 5.02 Å². The van der Waals surface area contributed by atoms with E-state index in [2.05, 4.69) is 5.32 Å². The molecule has 132 valence electrons. The van der Waals surface area contributed by atoms with Gasteiger partial charge in [0.2, 0.25) is 0 Å². The Morgan fingerprint density at radius 3 is 2.48 bits per heavy atom. The maximum atomic E-state index is 12.2. The van der Waals surface area contributed by atoms with Crippen molar-refractivity contribution in [1.29, 1.82) is 0 Å². The van der Waals surface area contributed by atoms with Crippen LogP contribution >= 0.6 is 11.6 Å². The Labute approximate surface area is 150 Å². The van der Waals surface area contributed by atoms with Crippen LogP contribution in [0.5, 0.6) is 5.75 Å². The van der Waals surface area contributed by atoms with Crippen molar-refractivity contribution in [1.82, 2.24) is 0 Å². The fraction of sp³-hybridized carbons (Fsp3) is 0.278. The minimum absolute atomic E-state index is 0.152. The summed E-state index contributed by atoms with van der Waals surface area (Å²) in [5.74, 6) is -0.0641. The van der Waals surface area contributed by atoms with Crippen molar-refractivity contribution in [2.75, 3.05) is 11.9 Å². The van der Waals surface area contributed by atoms with E-state index in [1.165, 1.54) is 6.07 Å². The predicted molar refractivity (Wildman–Crippen MR) is 97.6 cm³/mol. The summed E-state index contributed by atoms with van der Waals surface area (Å²) in [7, 11) is 0. The van der Waals surface area contributed by atoms with Crippen LogP contribution in [-0.4, -0.2) is 17.4 Å². The number of nitro groups is 1. The first kappa shape index (κ1) is 18.7. The molecule has 0 aliphatic carbocycles. The monoisotopic (exact) mass is 362 g/mol. The highest BCUT2D eigenvalue weighted by atomic mass is 35.5. The molecule has 2 aromatic carbocycles. The second-order valence-electron chi connectivity index (χ2n) is 5.89. The summed E-state index contributed by atoms with van der Waals surface area (Å²) in [6.45, 7) is 6.99. The second kappa shape index (κ2) is 7.53. The van der Waals surface area contributed by atoms with Gasteiger partial charge in [0.05, 0.1) is 9.95 Å². The maximum Gasteiger partial charge on any atom is 0.293 e. The molecule has 0 radical (unpaired) electrons. The molecular weight excluding hydrogens is 344 g/mol. The fourth-order valence-corrected chi connectivity index (χ4v) is 2.89. The van der Waals surface area contributed by atoms with Crippen molar-refractivity contribution in [3.05, 3.63) is 61.7 Å². The van der Waals surface area contributed by atoms with E-state index >= 15 is 0 Å². The van der Waals surface area contributed by atoms with E-state index < -0.39 is 10.8 Å². The summed E-state index contributed by atoms with van der Waals surface area (Å²) >= 11 is 6.15. The first-order chi connectivity index (χ1) is 11.7. The van der Waals surface area contributed by atoms with E-state index in [1.807, 2.05) is 26.8 Å². The largest absolute Gasteiger partial charge is 0.482 e. The lowest BCUT2D eigenvalue weighted by molar-refractivity contribution is -0.384. The van der Waals surface area contributed by atoms with Crippen LogP contribution in [0.4, 0.5) is 11.4 Å². The van der Waals surface area contributed by atoms with Crippen LogP contribution < -0.4 is 10.1 Å². The van der Waals surface area contributed by atoms with Crippen LogP contribution in [0.1, 0.15) is 22.3 Å². The normalized spacial score (nSPS) is 10.4. The molecule has 0 bridgehead atoms. The molecule has 25 heavy (non-hydrogen) atoms. The fourth-order valence-electron chi connectivity index (χ4n) is 2.51. The van der Waals surface area contributed by atoms with Crippen molar-refractivity contribution < 1.29 is 14.5 Å². The summed E-state index contributed by atoms with van der Waals surface area (Å²) in [6.07, 6.45) is 0. The molecule has 0 unspecified atom stereocenters. The zero-order valence-corrected chi connectivity index (χ0v) is 15.2. The molecule has 0 atom stereocenters. The van der Waals surface area contributed by atoms with E-state index in [9.17, 15) is 14.9 Å². The van der Waals surface area contributed by atoms with E-state index in [4.69, 9.17) is 16.3 Å². The van der Waals surface area contributed by atoms with Gasteiger partial charge in [-0.05, 0) is 56.0 Å². The molecule has 0 heterocycles. The Morgan fingerprint density at radius 2 is 1.88 bits per heavy atom. The first-order valence-corrected chi connectivity index (χ1v) is 8.02. The Bertz CT molecular complexity index is 826. The number of hydrogen-bond acceptors (Lipinski definition) is 4. The van der Waals surface area contributed by atoms with E-state index in [1.54, 1.807) is 19.1 Å². The lowest BCUT2D eigenvalue weighted by Crippen LogP contribution is -2.22. The van der Waals surface area contributed by atoms with Crippen LogP contribution in [0.25, 0.3) is 0 Å². The zero-order valence-electron chi connectivity index (χ0n) is 14.5. The molecule has 0 spiro atoms. The molecule has 0 fully saturated rings. The summed E-state index contributed by atoms with van der Waals surface area (Å²) in [6, 6.07) is 6.67. The molecule has 1 amide bonds. The molecule has 1 N–H and O–H groups in total. The van der Waals surface area contributed by atoms with Crippen molar-refractivity contribution in [2.45, 2.75) is 27.7 Å². The maximum absolute atomic E-state index is 12.2. The van der Waals surface area contributed by atoms with Crippen LogP contribution in [0.3, 0.4) is 0 Å². The lowest BCUT2D eigenvalue weighted by Gasteiger charge is -2.13. The Balaban J connectivity index is 2.17. The van der Waals surface area contributed by atoms with Gasteiger partial charge in [-0.1, -0.05) is 23.7 Å². The van der Waals surface area contributed by atoms with Gasteiger partial charge in [0.25, 0.3) is 11.6 Å². The molecule has 7 heteroatoms. The number of hydrogen-bond donors (Lipinski definition) is 1. The van der Waals surface area contributed by atoms with Crippen LogP contribution in [-0.2, 0) is 4.79 Å². The lowest BCUT2D eigenvalue weighted by atomic mass is 10.1. The van der Waals surface area contributed by atoms with Gasteiger partial charge in [-0.15, -0.1) is 0 Å². The van der Waals surface area contributed by atoms with Gasteiger partial charge in [-0.2, -0.15) is 0 Å². The van der Waals surface area contributed by atoms with Gasteiger partial charge in [0, 0.05) is 6.07 Å². The van der Waals surface area contributed by atoms with Crippen LogP contribution in [0.15, 0.2) is 24.3 Å². The third kappa shape index (κ3) is 4.28. The number of benzene rings is 2. The standard InChI is InChI=1S/C18H19ClN2O4/c1-10-7-12(3)18(14(19)8-10)25-9-16(22)20-17-13(4)11(2)5-6-15(17)21(23)24/h5-8H,9H2,1-4H3,(H,20,22). The smallest absolute Gasteiger partial charge is 0.293 e. The number of carbonyl (C=O) groups excluding carboxylic acids is 1. The minimum atomic E-state index is -0.524. The van der Waals surface area contributed by atoms with Gasteiger partial charge < -0.3 is 10.1 Å². The number of nitrogens with zero attached hydrogens (tertiary/aromatic N) is 1. The number of halogens is 1. The van der Waals surface area contributed by atoms with Crippen molar-refractivity contribution >= 4 is 28.9 Å². The highest BCUT2D eigenvalue weighted by Crippen LogP contribution is 2.31. The zero-order chi connectivity index (χ0) is 18.7. The van der Waals surface area contributed by atoms with Gasteiger partial charge in [0.1, 0.15) is 11.4 Å². The number of carbonyl (C=O) groups is 1. The van der Waals surface area contributed by atoms with Gasteiger partial charge in [0.15, 0.2) is 6.61 Å². The van der Waals surface area contributed by atoms with E-state index in [0.29, 0.717) is 16.3 Å². The molecular formula is C18H19ClN2O4. The molecule has 2 aromatic rings. The topological polar surface area (TPSA) is 81.5 Å². The summed E-state index contributed by atoms with van der Waals surface area (Å²) in [4.78, 5) is 22.9. The number of amides is 1. The first-order valence-electron chi connectivity index (χ1n) is 7.64.